The van der Waals surface area contributed by atoms with Gasteiger partial charge in [0.25, 0.3) is 5.91 Å². The summed E-state index contributed by atoms with van der Waals surface area (Å²) in [5.74, 6) is 0.297. The Morgan fingerprint density at radius 3 is 2.47 bits per heavy atom. The molecule has 1 saturated carbocycles. The van der Waals surface area contributed by atoms with Crippen LogP contribution in [0.4, 0.5) is 0 Å². The first-order chi connectivity index (χ1) is 14.2. The number of methoxy groups -OCH3 is 1. The quantitative estimate of drug-likeness (QED) is 0.604. The monoisotopic (exact) mass is 445 g/mol. The van der Waals surface area contributed by atoms with E-state index in [2.05, 4.69) is 4.99 Å². The number of rotatable bonds is 5. The van der Waals surface area contributed by atoms with Gasteiger partial charge in [-0.15, -0.1) is 0 Å². The van der Waals surface area contributed by atoms with E-state index in [4.69, 9.17) is 4.74 Å². The average molecular weight is 446 g/mol. The van der Waals surface area contributed by atoms with Crippen molar-refractivity contribution in [3.05, 3.63) is 52.3 Å². The zero-order chi connectivity index (χ0) is 21.6. The summed E-state index contributed by atoms with van der Waals surface area (Å²) in [5.41, 5.74) is 2.30. The third-order valence-corrected chi connectivity index (χ3v) is 8.55. The fourth-order valence-electron chi connectivity index (χ4n) is 3.34. The predicted molar refractivity (Wildman–Crippen MR) is 116 cm³/mol. The summed E-state index contributed by atoms with van der Waals surface area (Å²) in [7, 11) is 1.51. The van der Waals surface area contributed by atoms with Crippen LogP contribution in [0, 0.1) is 6.92 Å². The standard InChI is InChI=1S/C21H23N3O4S2/c1-13-5-12-17(28-4)18-19(13)29-21(23(18)2)22-20(25)14-6-10-16(11-7-14)30(26,27)24(3)15-8-9-15/h5-7,10-12,15H,8-9H2,1-4H3. The molecule has 0 spiro atoms. The van der Waals surface area contributed by atoms with Crippen molar-refractivity contribution in [2.75, 3.05) is 14.2 Å². The van der Waals surface area contributed by atoms with Crippen molar-refractivity contribution in [2.45, 2.75) is 30.7 Å². The maximum Gasteiger partial charge on any atom is 0.279 e. The lowest BCUT2D eigenvalue weighted by atomic mass is 10.2. The van der Waals surface area contributed by atoms with Crippen LogP contribution in [0.5, 0.6) is 5.75 Å². The fourth-order valence-corrected chi connectivity index (χ4v) is 5.86. The zero-order valence-corrected chi connectivity index (χ0v) is 18.9. The van der Waals surface area contributed by atoms with Crippen molar-refractivity contribution in [3.63, 3.8) is 0 Å². The van der Waals surface area contributed by atoms with E-state index in [1.807, 2.05) is 30.7 Å². The lowest BCUT2D eigenvalue weighted by Gasteiger charge is -2.16. The van der Waals surface area contributed by atoms with Crippen LogP contribution in [0.3, 0.4) is 0 Å². The molecule has 1 aliphatic carbocycles. The van der Waals surface area contributed by atoms with E-state index in [1.54, 1.807) is 14.2 Å². The number of aryl methyl sites for hydroxylation is 2. The lowest BCUT2D eigenvalue weighted by molar-refractivity contribution is 0.0998. The molecule has 0 aliphatic heterocycles. The van der Waals surface area contributed by atoms with E-state index in [0.29, 0.717) is 10.4 Å². The lowest BCUT2D eigenvalue weighted by Crippen LogP contribution is -2.28. The highest BCUT2D eigenvalue weighted by Crippen LogP contribution is 2.31. The minimum atomic E-state index is -3.54. The fraction of sp³-hybridized carbons (Fsp3) is 0.333. The number of amides is 1. The van der Waals surface area contributed by atoms with Crippen LogP contribution in [0.15, 0.2) is 46.3 Å². The summed E-state index contributed by atoms with van der Waals surface area (Å²) < 4.78 is 35.0. The number of hydrogen-bond acceptors (Lipinski definition) is 5. The van der Waals surface area contributed by atoms with Gasteiger partial charge in [-0.1, -0.05) is 17.4 Å². The van der Waals surface area contributed by atoms with Crippen LogP contribution in [0.1, 0.15) is 28.8 Å². The molecule has 9 heteroatoms. The first-order valence-corrected chi connectivity index (χ1v) is 11.8. The predicted octanol–water partition coefficient (Wildman–Crippen LogP) is 3.08. The molecule has 1 aromatic heterocycles. The maximum absolute atomic E-state index is 12.7. The van der Waals surface area contributed by atoms with Gasteiger partial charge in [-0.2, -0.15) is 9.30 Å². The number of sulfonamides is 1. The Morgan fingerprint density at radius 1 is 1.20 bits per heavy atom. The number of hydrogen-bond donors (Lipinski definition) is 0. The van der Waals surface area contributed by atoms with Crippen molar-refractivity contribution in [3.8, 4) is 5.75 Å². The molecule has 4 rings (SSSR count). The van der Waals surface area contributed by atoms with Crippen LogP contribution < -0.4 is 9.54 Å². The Labute approximate surface area is 179 Å². The molecule has 0 bridgehead atoms. The zero-order valence-electron chi connectivity index (χ0n) is 17.2. The number of thiazole rings is 1. The van der Waals surface area contributed by atoms with Crippen LogP contribution in [0.2, 0.25) is 0 Å². The second kappa shape index (κ2) is 7.64. The van der Waals surface area contributed by atoms with Gasteiger partial charge in [0.1, 0.15) is 11.3 Å². The summed E-state index contributed by atoms with van der Waals surface area (Å²) in [6.45, 7) is 2.00. The molecule has 1 heterocycles. The molecular weight excluding hydrogens is 422 g/mol. The highest BCUT2D eigenvalue weighted by atomic mass is 32.2. The van der Waals surface area contributed by atoms with Gasteiger partial charge in [0, 0.05) is 25.7 Å². The molecule has 0 atom stereocenters. The minimum absolute atomic E-state index is 0.0831. The SMILES string of the molecule is COc1ccc(C)c2sc(=NC(=O)c3ccc(S(=O)(=O)N(C)C4CC4)cc3)n(C)c12. The summed E-state index contributed by atoms with van der Waals surface area (Å²) in [6.07, 6.45) is 1.78. The van der Waals surface area contributed by atoms with Crippen molar-refractivity contribution >= 4 is 37.5 Å². The van der Waals surface area contributed by atoms with Crippen LogP contribution in [0.25, 0.3) is 10.2 Å². The van der Waals surface area contributed by atoms with E-state index >= 15 is 0 Å². The van der Waals surface area contributed by atoms with Crippen LogP contribution >= 0.6 is 11.3 Å². The molecule has 0 saturated heterocycles. The molecule has 0 unspecified atom stereocenters. The molecule has 7 nitrogen and oxygen atoms in total. The average Bonchev–Trinajstić information content (AvgIpc) is 3.53. The van der Waals surface area contributed by atoms with E-state index < -0.39 is 15.9 Å². The molecule has 158 valence electrons. The topological polar surface area (TPSA) is 81.0 Å². The highest BCUT2D eigenvalue weighted by Gasteiger charge is 2.35. The Balaban J connectivity index is 1.68. The highest BCUT2D eigenvalue weighted by molar-refractivity contribution is 7.89. The van der Waals surface area contributed by atoms with Crippen molar-refractivity contribution in [2.24, 2.45) is 12.0 Å². The normalized spacial score (nSPS) is 15.2. The minimum Gasteiger partial charge on any atom is -0.495 e. The molecule has 2 aromatic carbocycles. The first-order valence-electron chi connectivity index (χ1n) is 9.54. The summed E-state index contributed by atoms with van der Waals surface area (Å²) in [4.78, 5) is 17.7. The number of carbonyl (C=O) groups excluding carboxylic acids is 1. The Bertz CT molecular complexity index is 1300. The number of carbonyl (C=O) groups is 1. The Kier molecular flexibility index (Phi) is 5.29. The number of fused-ring (bicyclic) bond motifs is 1. The van der Waals surface area contributed by atoms with Gasteiger partial charge in [-0.05, 0) is 55.7 Å². The number of ether oxygens (including phenoxy) is 1. The first kappa shape index (κ1) is 20.8. The van der Waals surface area contributed by atoms with E-state index in [1.165, 1.54) is 39.9 Å². The molecule has 1 amide bonds. The molecule has 1 fully saturated rings. The summed E-state index contributed by atoms with van der Waals surface area (Å²) in [6, 6.07) is 9.91. The second-order valence-electron chi connectivity index (χ2n) is 7.40. The van der Waals surface area contributed by atoms with Gasteiger partial charge in [0.2, 0.25) is 10.0 Å². The Morgan fingerprint density at radius 2 is 1.87 bits per heavy atom. The summed E-state index contributed by atoms with van der Waals surface area (Å²) in [5, 5.41) is 0. The van der Waals surface area contributed by atoms with Crippen molar-refractivity contribution < 1.29 is 17.9 Å². The Hall–Kier alpha value is -2.49. The third kappa shape index (κ3) is 3.57. The number of nitrogens with zero attached hydrogens (tertiary/aromatic N) is 3. The molecule has 0 radical (unpaired) electrons. The van der Waals surface area contributed by atoms with Crippen molar-refractivity contribution in [1.29, 1.82) is 0 Å². The van der Waals surface area contributed by atoms with Crippen LogP contribution in [-0.2, 0) is 17.1 Å². The largest absolute Gasteiger partial charge is 0.495 e. The summed E-state index contributed by atoms with van der Waals surface area (Å²) >= 11 is 1.42. The molecule has 30 heavy (non-hydrogen) atoms. The molecule has 3 aromatic rings. The van der Waals surface area contributed by atoms with Crippen LogP contribution in [-0.4, -0.2) is 43.4 Å². The van der Waals surface area contributed by atoms with Gasteiger partial charge >= 0.3 is 0 Å². The number of aromatic nitrogens is 1. The van der Waals surface area contributed by atoms with E-state index in [0.717, 1.165) is 34.4 Å². The third-order valence-electron chi connectivity index (χ3n) is 5.36. The van der Waals surface area contributed by atoms with E-state index in [-0.39, 0.29) is 10.9 Å². The maximum atomic E-state index is 12.7. The molecule has 0 N–H and O–H groups in total. The number of benzene rings is 2. The van der Waals surface area contributed by atoms with E-state index in [9.17, 15) is 13.2 Å². The molecule has 1 aliphatic rings. The molecular formula is C21H23N3O4S2. The van der Waals surface area contributed by atoms with Crippen molar-refractivity contribution in [1.82, 2.24) is 8.87 Å². The van der Waals surface area contributed by atoms with Gasteiger partial charge in [0.15, 0.2) is 4.80 Å². The van der Waals surface area contributed by atoms with Gasteiger partial charge < -0.3 is 9.30 Å². The smallest absolute Gasteiger partial charge is 0.279 e. The van der Waals surface area contributed by atoms with Gasteiger partial charge in [-0.3, -0.25) is 4.79 Å². The second-order valence-corrected chi connectivity index (χ2v) is 10.4. The van der Waals surface area contributed by atoms with Gasteiger partial charge in [-0.25, -0.2) is 8.42 Å². The van der Waals surface area contributed by atoms with Gasteiger partial charge in [0.05, 0.1) is 16.7 Å².